The maximum absolute atomic E-state index is 8.96. The number of nitriles is 1. The molecule has 0 saturated carbocycles. The van der Waals surface area contributed by atoms with E-state index in [0.717, 1.165) is 22.0 Å². The van der Waals surface area contributed by atoms with Crippen molar-refractivity contribution in [2.45, 2.75) is 6.54 Å². The molecule has 0 aliphatic heterocycles. The van der Waals surface area contributed by atoms with Gasteiger partial charge < -0.3 is 9.88 Å². The molecule has 0 fully saturated rings. The summed E-state index contributed by atoms with van der Waals surface area (Å²) in [6, 6.07) is 12.2. The number of anilines is 1. The SMILES string of the molecule is Cn1cc(CNc2cccc3ccncc23)cc1C#N. The summed E-state index contributed by atoms with van der Waals surface area (Å²) in [7, 11) is 1.88. The number of nitrogens with one attached hydrogen (secondary N) is 1. The van der Waals surface area contributed by atoms with Gasteiger partial charge in [0, 0.05) is 43.3 Å². The van der Waals surface area contributed by atoms with Crippen LogP contribution in [0.25, 0.3) is 10.8 Å². The van der Waals surface area contributed by atoms with Crippen LogP contribution in [-0.2, 0) is 13.6 Å². The minimum Gasteiger partial charge on any atom is -0.380 e. The van der Waals surface area contributed by atoms with Crippen molar-refractivity contribution in [1.82, 2.24) is 9.55 Å². The zero-order chi connectivity index (χ0) is 13.9. The topological polar surface area (TPSA) is 53.6 Å². The number of aromatic nitrogens is 2. The van der Waals surface area contributed by atoms with E-state index in [4.69, 9.17) is 5.26 Å². The van der Waals surface area contributed by atoms with Gasteiger partial charge in [-0.1, -0.05) is 12.1 Å². The molecule has 98 valence electrons. The average Bonchev–Trinajstić information content (AvgIpc) is 2.85. The fraction of sp³-hybridized carbons (Fsp3) is 0.125. The Hall–Kier alpha value is -2.80. The summed E-state index contributed by atoms with van der Waals surface area (Å²) >= 11 is 0. The minimum atomic E-state index is 0.668. The van der Waals surface area contributed by atoms with E-state index in [9.17, 15) is 0 Å². The summed E-state index contributed by atoms with van der Waals surface area (Å²) < 4.78 is 1.83. The lowest BCUT2D eigenvalue weighted by Crippen LogP contribution is -1.99. The summed E-state index contributed by atoms with van der Waals surface area (Å²) in [5.74, 6) is 0. The first-order valence-electron chi connectivity index (χ1n) is 6.40. The average molecular weight is 262 g/mol. The molecule has 2 heterocycles. The minimum absolute atomic E-state index is 0.668. The van der Waals surface area contributed by atoms with Gasteiger partial charge in [0.1, 0.15) is 11.8 Å². The van der Waals surface area contributed by atoms with Gasteiger partial charge >= 0.3 is 0 Å². The molecule has 0 amide bonds. The molecule has 1 aromatic carbocycles. The number of nitrogens with zero attached hydrogens (tertiary/aromatic N) is 3. The van der Waals surface area contributed by atoms with Gasteiger partial charge in [0.25, 0.3) is 0 Å². The number of pyridine rings is 1. The maximum Gasteiger partial charge on any atom is 0.120 e. The third kappa shape index (κ3) is 2.21. The first-order chi connectivity index (χ1) is 9.78. The van der Waals surface area contributed by atoms with Crippen molar-refractivity contribution in [3.8, 4) is 6.07 Å². The van der Waals surface area contributed by atoms with Crippen molar-refractivity contribution in [1.29, 1.82) is 5.26 Å². The van der Waals surface area contributed by atoms with Gasteiger partial charge in [0.2, 0.25) is 0 Å². The van der Waals surface area contributed by atoms with Gasteiger partial charge in [-0.2, -0.15) is 5.26 Å². The molecule has 0 aliphatic carbocycles. The highest BCUT2D eigenvalue weighted by Crippen LogP contribution is 2.22. The number of hydrogen-bond donors (Lipinski definition) is 1. The first kappa shape index (κ1) is 12.2. The number of hydrogen-bond acceptors (Lipinski definition) is 3. The molecule has 0 spiro atoms. The van der Waals surface area contributed by atoms with Gasteiger partial charge in [-0.15, -0.1) is 0 Å². The highest BCUT2D eigenvalue weighted by atomic mass is 14.9. The van der Waals surface area contributed by atoms with Gasteiger partial charge in [0.15, 0.2) is 0 Å². The summed E-state index contributed by atoms with van der Waals surface area (Å²) in [6.07, 6.45) is 5.63. The fourth-order valence-corrected chi connectivity index (χ4v) is 2.31. The Morgan fingerprint density at radius 1 is 1.35 bits per heavy atom. The third-order valence-corrected chi connectivity index (χ3v) is 3.34. The molecule has 1 N–H and O–H groups in total. The Bertz CT molecular complexity index is 790. The molecule has 0 bridgehead atoms. The van der Waals surface area contributed by atoms with E-state index in [0.29, 0.717) is 12.2 Å². The molecule has 4 nitrogen and oxygen atoms in total. The molecule has 0 aliphatic rings. The second-order valence-electron chi connectivity index (χ2n) is 4.71. The van der Waals surface area contributed by atoms with E-state index in [2.05, 4.69) is 22.4 Å². The van der Waals surface area contributed by atoms with E-state index in [1.165, 1.54) is 0 Å². The molecule has 0 unspecified atom stereocenters. The normalized spacial score (nSPS) is 10.4. The van der Waals surface area contributed by atoms with Crippen LogP contribution in [0.3, 0.4) is 0 Å². The maximum atomic E-state index is 8.96. The van der Waals surface area contributed by atoms with E-state index in [1.807, 2.05) is 48.3 Å². The van der Waals surface area contributed by atoms with Crippen molar-refractivity contribution in [3.05, 3.63) is 60.2 Å². The van der Waals surface area contributed by atoms with Gasteiger partial charge in [-0.25, -0.2) is 0 Å². The van der Waals surface area contributed by atoms with Crippen LogP contribution in [0.5, 0.6) is 0 Å². The molecule has 20 heavy (non-hydrogen) atoms. The monoisotopic (exact) mass is 262 g/mol. The molecule has 3 aromatic rings. The Labute approximate surface area is 117 Å². The second kappa shape index (κ2) is 5.06. The Kier molecular flexibility index (Phi) is 3.10. The lowest BCUT2D eigenvalue weighted by molar-refractivity contribution is 0.902. The van der Waals surface area contributed by atoms with Crippen molar-refractivity contribution in [2.75, 3.05) is 5.32 Å². The van der Waals surface area contributed by atoms with Gasteiger partial charge in [-0.3, -0.25) is 4.98 Å². The zero-order valence-corrected chi connectivity index (χ0v) is 11.2. The standard InChI is InChI=1S/C16H14N4/c1-20-11-12(7-14(20)8-17)9-19-16-4-2-3-13-5-6-18-10-15(13)16/h2-7,10-11,19H,9H2,1H3. The number of rotatable bonds is 3. The molecule has 0 radical (unpaired) electrons. The number of fused-ring (bicyclic) bond motifs is 1. The van der Waals surface area contributed by atoms with Crippen molar-refractivity contribution >= 4 is 16.5 Å². The highest BCUT2D eigenvalue weighted by molar-refractivity contribution is 5.93. The molecule has 0 atom stereocenters. The van der Waals surface area contributed by atoms with Crippen molar-refractivity contribution in [3.63, 3.8) is 0 Å². The van der Waals surface area contributed by atoms with Gasteiger partial charge in [0.05, 0.1) is 0 Å². The predicted octanol–water partition coefficient (Wildman–Crippen LogP) is 3.06. The summed E-state index contributed by atoms with van der Waals surface area (Å²) in [5, 5.41) is 14.6. The molecule has 0 saturated heterocycles. The smallest absolute Gasteiger partial charge is 0.120 e. The van der Waals surface area contributed by atoms with E-state index in [-0.39, 0.29) is 0 Å². The number of benzene rings is 1. The van der Waals surface area contributed by atoms with Crippen molar-refractivity contribution in [2.24, 2.45) is 7.05 Å². The van der Waals surface area contributed by atoms with Crippen LogP contribution >= 0.6 is 0 Å². The third-order valence-electron chi connectivity index (χ3n) is 3.34. The molecule has 3 rings (SSSR count). The predicted molar refractivity (Wildman–Crippen MR) is 79.2 cm³/mol. The van der Waals surface area contributed by atoms with Crippen LogP contribution < -0.4 is 5.32 Å². The molecular formula is C16H14N4. The Balaban J connectivity index is 1.85. The van der Waals surface area contributed by atoms with Crippen LogP contribution in [-0.4, -0.2) is 9.55 Å². The van der Waals surface area contributed by atoms with Crippen LogP contribution in [0.4, 0.5) is 5.69 Å². The summed E-state index contributed by atoms with van der Waals surface area (Å²) in [6.45, 7) is 0.684. The molecular weight excluding hydrogens is 248 g/mol. The first-order valence-corrected chi connectivity index (χ1v) is 6.40. The Morgan fingerprint density at radius 3 is 3.05 bits per heavy atom. The second-order valence-corrected chi connectivity index (χ2v) is 4.71. The fourth-order valence-electron chi connectivity index (χ4n) is 2.31. The summed E-state index contributed by atoms with van der Waals surface area (Å²) in [5.41, 5.74) is 2.81. The summed E-state index contributed by atoms with van der Waals surface area (Å²) in [4.78, 5) is 4.17. The van der Waals surface area contributed by atoms with Crippen LogP contribution in [0.2, 0.25) is 0 Å². The van der Waals surface area contributed by atoms with E-state index in [1.54, 1.807) is 6.20 Å². The van der Waals surface area contributed by atoms with E-state index < -0.39 is 0 Å². The van der Waals surface area contributed by atoms with Crippen LogP contribution in [0, 0.1) is 11.3 Å². The van der Waals surface area contributed by atoms with Gasteiger partial charge in [-0.05, 0) is 29.1 Å². The highest BCUT2D eigenvalue weighted by Gasteiger charge is 2.04. The molecule has 2 aromatic heterocycles. The van der Waals surface area contributed by atoms with Crippen molar-refractivity contribution < 1.29 is 0 Å². The largest absolute Gasteiger partial charge is 0.380 e. The van der Waals surface area contributed by atoms with Crippen LogP contribution in [0.15, 0.2) is 48.9 Å². The molecule has 4 heteroatoms. The number of aryl methyl sites for hydroxylation is 1. The lowest BCUT2D eigenvalue weighted by Gasteiger charge is -2.08. The lowest BCUT2D eigenvalue weighted by atomic mass is 10.1. The quantitative estimate of drug-likeness (QED) is 0.789. The van der Waals surface area contributed by atoms with Crippen LogP contribution in [0.1, 0.15) is 11.3 Å². The zero-order valence-electron chi connectivity index (χ0n) is 11.2. The Morgan fingerprint density at radius 2 is 2.25 bits per heavy atom. The van der Waals surface area contributed by atoms with E-state index >= 15 is 0 Å².